The van der Waals surface area contributed by atoms with Crippen LogP contribution >= 0.6 is 0 Å². The number of carbonyl (C=O) groups excluding carboxylic acids is 1. The smallest absolute Gasteiger partial charge is 0.245 e. The summed E-state index contributed by atoms with van der Waals surface area (Å²) in [5.41, 5.74) is 7.54. The second kappa shape index (κ2) is 5.73. The van der Waals surface area contributed by atoms with Gasteiger partial charge < -0.3 is 11.1 Å². The number of hydrogen-bond donors (Lipinski definition) is 2. The van der Waals surface area contributed by atoms with Crippen molar-refractivity contribution in [2.24, 2.45) is 5.73 Å². The Labute approximate surface area is 122 Å². The van der Waals surface area contributed by atoms with Crippen LogP contribution in [0.5, 0.6) is 0 Å². The summed E-state index contributed by atoms with van der Waals surface area (Å²) in [6.07, 6.45) is 3.47. The van der Waals surface area contributed by atoms with E-state index in [4.69, 9.17) is 5.73 Å². The predicted molar refractivity (Wildman–Crippen MR) is 83.7 cm³/mol. The Kier molecular flexibility index (Phi) is 3.62. The first-order chi connectivity index (χ1) is 10.3. The number of rotatable bonds is 3. The lowest BCUT2D eigenvalue weighted by Crippen LogP contribution is -2.27. The van der Waals surface area contributed by atoms with Crippen molar-refractivity contribution in [1.29, 1.82) is 0 Å². The third-order valence-corrected chi connectivity index (χ3v) is 3.38. The molecular formula is C17H15N3O. The zero-order chi connectivity index (χ0) is 14.7. The minimum Gasteiger partial charge on any atom is -0.324 e. The fourth-order valence-corrected chi connectivity index (χ4v) is 2.25. The van der Waals surface area contributed by atoms with E-state index in [0.29, 0.717) is 0 Å². The van der Waals surface area contributed by atoms with Gasteiger partial charge in [0.1, 0.15) is 6.04 Å². The molecule has 0 bridgehead atoms. The van der Waals surface area contributed by atoms with Crippen LogP contribution in [0.1, 0.15) is 11.6 Å². The van der Waals surface area contributed by atoms with Crippen LogP contribution in [0.15, 0.2) is 67.0 Å². The van der Waals surface area contributed by atoms with Gasteiger partial charge in [-0.05, 0) is 17.7 Å². The summed E-state index contributed by atoms with van der Waals surface area (Å²) in [5, 5.41) is 4.81. The maximum atomic E-state index is 12.3. The lowest BCUT2D eigenvalue weighted by atomic mass is 10.1. The van der Waals surface area contributed by atoms with E-state index in [-0.39, 0.29) is 5.91 Å². The molecule has 1 atom stereocenters. The van der Waals surface area contributed by atoms with Crippen LogP contribution in [0.4, 0.5) is 5.69 Å². The summed E-state index contributed by atoms with van der Waals surface area (Å²) in [5.74, 6) is -0.231. The summed E-state index contributed by atoms with van der Waals surface area (Å²) in [7, 11) is 0. The van der Waals surface area contributed by atoms with Gasteiger partial charge in [0.2, 0.25) is 5.91 Å². The molecule has 1 aromatic heterocycles. The van der Waals surface area contributed by atoms with Gasteiger partial charge in [0, 0.05) is 28.9 Å². The SMILES string of the molecule is N[C@@H](C(=O)Nc1cccc2cnccc12)c1ccccc1. The number of nitrogens with zero attached hydrogens (tertiary/aromatic N) is 1. The number of hydrogen-bond acceptors (Lipinski definition) is 3. The molecule has 1 amide bonds. The van der Waals surface area contributed by atoms with E-state index >= 15 is 0 Å². The van der Waals surface area contributed by atoms with Gasteiger partial charge in [-0.15, -0.1) is 0 Å². The minimum atomic E-state index is -0.691. The first kappa shape index (κ1) is 13.3. The highest BCUT2D eigenvalue weighted by Gasteiger charge is 2.16. The van der Waals surface area contributed by atoms with Gasteiger partial charge >= 0.3 is 0 Å². The van der Waals surface area contributed by atoms with Gasteiger partial charge in [-0.3, -0.25) is 9.78 Å². The highest BCUT2D eigenvalue weighted by atomic mass is 16.2. The number of nitrogens with one attached hydrogen (secondary N) is 1. The fraction of sp³-hybridized carbons (Fsp3) is 0.0588. The number of pyridine rings is 1. The second-order valence-electron chi connectivity index (χ2n) is 4.78. The maximum absolute atomic E-state index is 12.3. The van der Waals surface area contributed by atoms with E-state index in [9.17, 15) is 4.79 Å². The molecule has 0 saturated carbocycles. The number of anilines is 1. The number of fused-ring (bicyclic) bond motifs is 1. The second-order valence-corrected chi connectivity index (χ2v) is 4.78. The molecule has 3 rings (SSSR count). The molecule has 4 heteroatoms. The van der Waals surface area contributed by atoms with Gasteiger partial charge in [0.25, 0.3) is 0 Å². The van der Waals surface area contributed by atoms with E-state index in [2.05, 4.69) is 10.3 Å². The van der Waals surface area contributed by atoms with E-state index in [1.54, 1.807) is 12.4 Å². The number of benzene rings is 2. The zero-order valence-corrected chi connectivity index (χ0v) is 11.4. The molecular weight excluding hydrogens is 262 g/mol. The average molecular weight is 277 g/mol. The standard InChI is InChI=1S/C17H15N3O/c18-16(12-5-2-1-3-6-12)17(21)20-15-8-4-7-13-11-19-10-9-14(13)15/h1-11,16H,18H2,(H,20,21)/t16-/m1/s1. The summed E-state index contributed by atoms with van der Waals surface area (Å²) in [4.78, 5) is 16.4. The van der Waals surface area contributed by atoms with Crippen LogP contribution < -0.4 is 11.1 Å². The van der Waals surface area contributed by atoms with Crippen LogP contribution in [0.2, 0.25) is 0 Å². The van der Waals surface area contributed by atoms with Crippen molar-refractivity contribution in [2.45, 2.75) is 6.04 Å². The number of nitrogens with two attached hydrogens (primary N) is 1. The molecule has 0 saturated heterocycles. The Morgan fingerprint density at radius 2 is 1.86 bits per heavy atom. The molecule has 3 aromatic rings. The molecule has 0 radical (unpaired) electrons. The van der Waals surface area contributed by atoms with Crippen LogP contribution in [-0.4, -0.2) is 10.9 Å². The Bertz CT molecular complexity index is 766. The Morgan fingerprint density at radius 3 is 2.67 bits per heavy atom. The lowest BCUT2D eigenvalue weighted by molar-refractivity contribution is -0.117. The minimum absolute atomic E-state index is 0.231. The summed E-state index contributed by atoms with van der Waals surface area (Å²) in [6.45, 7) is 0. The molecule has 3 N–H and O–H groups in total. The zero-order valence-electron chi connectivity index (χ0n) is 11.4. The average Bonchev–Trinajstić information content (AvgIpc) is 2.55. The molecule has 0 aliphatic carbocycles. The monoisotopic (exact) mass is 277 g/mol. The first-order valence-corrected chi connectivity index (χ1v) is 6.70. The largest absolute Gasteiger partial charge is 0.324 e. The van der Waals surface area contributed by atoms with Crippen molar-refractivity contribution >= 4 is 22.4 Å². The lowest BCUT2D eigenvalue weighted by Gasteiger charge is -2.14. The van der Waals surface area contributed by atoms with Gasteiger partial charge in [-0.25, -0.2) is 0 Å². The third-order valence-electron chi connectivity index (χ3n) is 3.38. The first-order valence-electron chi connectivity index (χ1n) is 6.70. The van der Waals surface area contributed by atoms with Gasteiger partial charge in [0.05, 0.1) is 0 Å². The van der Waals surface area contributed by atoms with Crippen LogP contribution in [0.25, 0.3) is 10.8 Å². The Hall–Kier alpha value is -2.72. The van der Waals surface area contributed by atoms with Crippen molar-refractivity contribution < 1.29 is 4.79 Å². The summed E-state index contributed by atoms with van der Waals surface area (Å²) < 4.78 is 0. The summed E-state index contributed by atoms with van der Waals surface area (Å²) >= 11 is 0. The van der Waals surface area contributed by atoms with Crippen molar-refractivity contribution in [1.82, 2.24) is 4.98 Å². The van der Waals surface area contributed by atoms with Crippen molar-refractivity contribution in [3.8, 4) is 0 Å². The quantitative estimate of drug-likeness (QED) is 0.773. The molecule has 0 aliphatic heterocycles. The normalized spacial score (nSPS) is 12.0. The molecule has 1 heterocycles. The van der Waals surface area contributed by atoms with Crippen molar-refractivity contribution in [3.63, 3.8) is 0 Å². The molecule has 0 spiro atoms. The maximum Gasteiger partial charge on any atom is 0.245 e. The number of carbonyl (C=O) groups is 1. The third kappa shape index (κ3) is 2.75. The summed E-state index contributed by atoms with van der Waals surface area (Å²) in [6, 6.07) is 16.2. The van der Waals surface area contributed by atoms with Gasteiger partial charge in [-0.2, -0.15) is 0 Å². The predicted octanol–water partition coefficient (Wildman–Crippen LogP) is 2.87. The van der Waals surface area contributed by atoms with Crippen molar-refractivity contribution in [3.05, 3.63) is 72.6 Å². The Balaban J connectivity index is 1.87. The molecule has 21 heavy (non-hydrogen) atoms. The molecule has 0 fully saturated rings. The van der Waals surface area contributed by atoms with E-state index in [1.807, 2.05) is 54.6 Å². The highest BCUT2D eigenvalue weighted by Crippen LogP contribution is 2.23. The van der Waals surface area contributed by atoms with Crippen LogP contribution in [0.3, 0.4) is 0 Å². The number of amides is 1. The molecule has 104 valence electrons. The van der Waals surface area contributed by atoms with Crippen LogP contribution in [-0.2, 0) is 4.79 Å². The van der Waals surface area contributed by atoms with E-state index in [1.165, 1.54) is 0 Å². The van der Waals surface area contributed by atoms with Gasteiger partial charge in [0.15, 0.2) is 0 Å². The molecule has 4 nitrogen and oxygen atoms in total. The van der Waals surface area contributed by atoms with E-state index in [0.717, 1.165) is 22.0 Å². The Morgan fingerprint density at radius 1 is 1.05 bits per heavy atom. The van der Waals surface area contributed by atoms with Crippen LogP contribution in [0, 0.1) is 0 Å². The molecule has 0 aliphatic rings. The topological polar surface area (TPSA) is 68.0 Å². The highest BCUT2D eigenvalue weighted by molar-refractivity contribution is 6.03. The molecule has 0 unspecified atom stereocenters. The van der Waals surface area contributed by atoms with Gasteiger partial charge in [-0.1, -0.05) is 42.5 Å². The van der Waals surface area contributed by atoms with E-state index < -0.39 is 6.04 Å². The van der Waals surface area contributed by atoms with Crippen molar-refractivity contribution in [2.75, 3.05) is 5.32 Å². The fourth-order valence-electron chi connectivity index (χ4n) is 2.25. The molecule has 2 aromatic carbocycles. The number of aromatic nitrogens is 1.